The largest absolute Gasteiger partial charge is 0.478 e. The molecule has 39 heavy (non-hydrogen) atoms. The Kier molecular flexibility index (Phi) is 9.26. The number of ether oxygens (including phenoxy) is 4. The highest BCUT2D eigenvalue weighted by Crippen LogP contribution is 2.35. The van der Waals surface area contributed by atoms with E-state index in [-0.39, 0.29) is 40.6 Å². The molecule has 1 atom stereocenters. The van der Waals surface area contributed by atoms with E-state index in [9.17, 15) is 13.2 Å². The van der Waals surface area contributed by atoms with Crippen LogP contribution in [0.2, 0.25) is 5.15 Å². The molecule has 1 saturated heterocycles. The maximum absolute atomic E-state index is 14.1. The zero-order valence-corrected chi connectivity index (χ0v) is 23.4. The zero-order valence-electron chi connectivity index (χ0n) is 21.9. The van der Waals surface area contributed by atoms with Gasteiger partial charge < -0.3 is 18.9 Å². The molecule has 1 aliphatic heterocycles. The molecule has 0 N–H and O–H groups in total. The number of nitrogens with zero attached hydrogens (tertiary/aromatic N) is 3. The molecular weight excluding hydrogens is 546 g/mol. The molecular formula is C27H30ClN3O7S. The predicted molar refractivity (Wildman–Crippen MR) is 146 cm³/mol. The van der Waals surface area contributed by atoms with Crippen molar-refractivity contribution in [1.29, 1.82) is 0 Å². The van der Waals surface area contributed by atoms with Gasteiger partial charge in [-0.2, -0.15) is 4.98 Å². The monoisotopic (exact) mass is 575 g/mol. The van der Waals surface area contributed by atoms with Crippen molar-refractivity contribution >= 4 is 33.5 Å². The normalized spacial score (nSPS) is 15.6. The van der Waals surface area contributed by atoms with Crippen molar-refractivity contribution < 1.29 is 32.2 Å². The molecule has 10 nitrogen and oxygen atoms in total. The van der Waals surface area contributed by atoms with Crippen LogP contribution in [-0.2, 0) is 19.5 Å². The van der Waals surface area contributed by atoms with Crippen molar-refractivity contribution in [2.75, 3.05) is 24.6 Å². The number of methoxy groups -OCH3 is 1. The van der Waals surface area contributed by atoms with Gasteiger partial charge >= 0.3 is 6.09 Å². The number of amides is 1. The fraction of sp³-hybridized carbons (Fsp3) is 0.370. The molecule has 12 heteroatoms. The average Bonchev–Trinajstić information content (AvgIpc) is 2.93. The third kappa shape index (κ3) is 6.78. The van der Waals surface area contributed by atoms with Crippen molar-refractivity contribution in [3.05, 3.63) is 59.9 Å². The molecule has 208 valence electrons. The summed E-state index contributed by atoms with van der Waals surface area (Å²) in [5.74, 6) is -0.0621. The van der Waals surface area contributed by atoms with Crippen LogP contribution in [0.5, 0.6) is 11.6 Å². The Labute approximate surface area is 232 Å². The molecule has 1 unspecified atom stereocenters. The summed E-state index contributed by atoms with van der Waals surface area (Å²) in [7, 11) is -3.31. The second-order valence-electron chi connectivity index (χ2n) is 9.20. The molecule has 3 aromatic rings. The van der Waals surface area contributed by atoms with Crippen LogP contribution in [0.1, 0.15) is 33.1 Å². The van der Waals surface area contributed by atoms with E-state index < -0.39 is 16.1 Å². The van der Waals surface area contributed by atoms with Gasteiger partial charge in [0.15, 0.2) is 11.4 Å². The number of carbonyl (C=O) groups excluding carboxylic acids is 1. The minimum absolute atomic E-state index is 0.0119. The molecule has 2 aromatic carbocycles. The minimum Gasteiger partial charge on any atom is -0.478 e. The molecule has 1 aliphatic rings. The third-order valence-corrected chi connectivity index (χ3v) is 7.66. The number of carbonyl (C=O) groups is 1. The van der Waals surface area contributed by atoms with Gasteiger partial charge in [-0.15, -0.1) is 4.31 Å². The van der Waals surface area contributed by atoms with Gasteiger partial charge in [0.2, 0.25) is 5.82 Å². The Hall–Kier alpha value is -3.41. The Bertz CT molecular complexity index is 1390. The van der Waals surface area contributed by atoms with E-state index in [2.05, 4.69) is 9.97 Å². The first-order valence-corrected chi connectivity index (χ1v) is 14.3. The van der Waals surface area contributed by atoms with Crippen molar-refractivity contribution in [2.45, 2.75) is 44.3 Å². The van der Waals surface area contributed by atoms with Crippen molar-refractivity contribution in [3.63, 3.8) is 0 Å². The van der Waals surface area contributed by atoms with E-state index in [0.717, 1.165) is 25.5 Å². The van der Waals surface area contributed by atoms with Crippen LogP contribution in [0.4, 0.5) is 10.6 Å². The summed E-state index contributed by atoms with van der Waals surface area (Å²) in [6.45, 7) is 4.31. The van der Waals surface area contributed by atoms with Crippen molar-refractivity contribution in [2.24, 2.45) is 5.92 Å². The van der Waals surface area contributed by atoms with Crippen LogP contribution in [0, 0.1) is 5.92 Å². The Morgan fingerprint density at radius 1 is 1.15 bits per heavy atom. The summed E-state index contributed by atoms with van der Waals surface area (Å²) in [5.41, 5.74) is 0.955. The molecule has 1 aromatic heterocycles. The highest BCUT2D eigenvalue weighted by molar-refractivity contribution is 7.93. The number of halogens is 1. The lowest BCUT2D eigenvalue weighted by atomic mass is 10.1. The van der Waals surface area contributed by atoms with Gasteiger partial charge in [0, 0.05) is 12.0 Å². The summed E-state index contributed by atoms with van der Waals surface area (Å²) in [6, 6.07) is 13.3. The second kappa shape index (κ2) is 12.6. The summed E-state index contributed by atoms with van der Waals surface area (Å²) in [5, 5.41) is -0.0372. The molecule has 0 bridgehead atoms. The second-order valence-corrected chi connectivity index (χ2v) is 11.3. The van der Waals surface area contributed by atoms with Crippen LogP contribution < -0.4 is 13.8 Å². The minimum atomic E-state index is -4.58. The van der Waals surface area contributed by atoms with Crippen LogP contribution in [-0.4, -0.2) is 51.1 Å². The van der Waals surface area contributed by atoms with E-state index in [4.69, 9.17) is 30.5 Å². The first kappa shape index (κ1) is 28.6. The predicted octanol–water partition coefficient (Wildman–Crippen LogP) is 5.70. The molecule has 1 fully saturated rings. The van der Waals surface area contributed by atoms with Crippen molar-refractivity contribution in [1.82, 2.24) is 9.97 Å². The summed E-state index contributed by atoms with van der Waals surface area (Å²) >= 11 is 5.94. The first-order chi connectivity index (χ1) is 18.7. The van der Waals surface area contributed by atoms with E-state index >= 15 is 0 Å². The molecule has 2 heterocycles. The fourth-order valence-electron chi connectivity index (χ4n) is 3.91. The van der Waals surface area contributed by atoms with Crippen LogP contribution in [0.15, 0.2) is 59.6 Å². The van der Waals surface area contributed by atoms with Gasteiger partial charge in [-0.05, 0) is 42.5 Å². The highest BCUT2D eigenvalue weighted by Gasteiger charge is 2.38. The van der Waals surface area contributed by atoms with Crippen LogP contribution in [0.3, 0.4) is 0 Å². The number of sulfonamides is 1. The van der Waals surface area contributed by atoms with Gasteiger partial charge in [-0.25, -0.2) is 18.2 Å². The van der Waals surface area contributed by atoms with Crippen LogP contribution in [0.25, 0.3) is 11.1 Å². The molecule has 0 spiro atoms. The summed E-state index contributed by atoms with van der Waals surface area (Å²) < 4.78 is 50.8. The lowest BCUT2D eigenvalue weighted by Crippen LogP contribution is -2.39. The van der Waals surface area contributed by atoms with E-state index in [1.807, 2.05) is 13.8 Å². The Morgan fingerprint density at radius 3 is 2.56 bits per heavy atom. The average molecular weight is 576 g/mol. The highest BCUT2D eigenvalue weighted by atomic mass is 35.5. The van der Waals surface area contributed by atoms with Crippen molar-refractivity contribution in [3.8, 4) is 22.8 Å². The van der Waals surface area contributed by atoms with Gasteiger partial charge in [-0.3, -0.25) is 0 Å². The quantitative estimate of drug-likeness (QED) is 0.316. The number of anilines is 1. The molecule has 0 aliphatic carbocycles. The third-order valence-electron chi connectivity index (χ3n) is 5.76. The smallest absolute Gasteiger partial charge is 0.430 e. The first-order valence-electron chi connectivity index (χ1n) is 12.5. The fourth-order valence-corrected chi connectivity index (χ4v) is 5.55. The van der Waals surface area contributed by atoms with E-state index in [0.29, 0.717) is 27.8 Å². The van der Waals surface area contributed by atoms with Gasteiger partial charge in [0.1, 0.15) is 5.75 Å². The number of aromatic nitrogens is 2. The Morgan fingerprint density at radius 2 is 1.90 bits per heavy atom. The summed E-state index contributed by atoms with van der Waals surface area (Å²) in [6.07, 6.45) is 2.52. The topological polar surface area (TPSA) is 117 Å². The standard InChI is InChI=1S/C27H30ClN3O7S/c1-18(2)17-37-27(32)31(25-26(35-3)30-23(28)16-29-25)39(33,34)22-9-5-4-8-21(22)19-11-13-20(14-12-19)38-24-10-6-7-15-36-24/h4-5,8-9,11-14,16,18,24H,6-7,10,15,17H2,1-3H3. The van der Waals surface area contributed by atoms with Crippen LogP contribution >= 0.6 is 11.6 Å². The maximum atomic E-state index is 14.1. The maximum Gasteiger partial charge on any atom is 0.430 e. The summed E-state index contributed by atoms with van der Waals surface area (Å²) in [4.78, 5) is 21.1. The molecule has 1 amide bonds. The SMILES string of the molecule is COc1nc(Cl)cnc1N(C(=O)OCC(C)C)S(=O)(=O)c1ccccc1-c1ccc(OC2CCCCO2)cc1. The molecule has 0 radical (unpaired) electrons. The van der Waals surface area contributed by atoms with Gasteiger partial charge in [0.25, 0.3) is 15.9 Å². The van der Waals surface area contributed by atoms with Gasteiger partial charge in [-0.1, -0.05) is 55.8 Å². The van der Waals surface area contributed by atoms with Gasteiger partial charge in [0.05, 0.1) is 31.4 Å². The lowest BCUT2D eigenvalue weighted by Gasteiger charge is -2.24. The molecule has 4 rings (SSSR count). The molecule has 0 saturated carbocycles. The number of benzene rings is 2. The van der Waals surface area contributed by atoms with E-state index in [1.54, 1.807) is 42.5 Å². The van der Waals surface area contributed by atoms with E-state index in [1.165, 1.54) is 13.2 Å². The number of hydrogen-bond acceptors (Lipinski definition) is 9. The number of rotatable bonds is 9. The zero-order chi connectivity index (χ0) is 28.0. The number of hydrogen-bond donors (Lipinski definition) is 0. The lowest BCUT2D eigenvalue weighted by molar-refractivity contribution is -0.105. The Balaban J connectivity index is 1.73.